The minimum absolute atomic E-state index is 0.0109. The number of β-amino-alcohol motifs (C(OH)–C–C–N with tert-alkyl or cyclic N) is 1. The van der Waals surface area contributed by atoms with Gasteiger partial charge in [-0.05, 0) is 13.3 Å². The SMILES string of the molecule is CC1(O)CCN(C(=O)N2CCSCC2CC(=O)O)C1. The molecule has 0 aromatic rings. The molecule has 0 aliphatic carbocycles. The Bertz CT molecular complexity index is 375. The van der Waals surface area contributed by atoms with Crippen molar-refractivity contribution in [2.75, 3.05) is 31.1 Å². The Hall–Kier alpha value is -0.950. The summed E-state index contributed by atoms with van der Waals surface area (Å²) in [4.78, 5) is 26.6. The molecule has 2 heterocycles. The number of aliphatic hydroxyl groups is 1. The van der Waals surface area contributed by atoms with E-state index in [9.17, 15) is 14.7 Å². The van der Waals surface area contributed by atoms with E-state index < -0.39 is 11.6 Å². The van der Waals surface area contributed by atoms with Crippen LogP contribution < -0.4 is 0 Å². The van der Waals surface area contributed by atoms with Gasteiger partial charge in [-0.2, -0.15) is 11.8 Å². The van der Waals surface area contributed by atoms with Gasteiger partial charge >= 0.3 is 12.0 Å². The number of carboxylic acids is 1. The van der Waals surface area contributed by atoms with Crippen molar-refractivity contribution in [2.45, 2.75) is 31.4 Å². The molecule has 2 aliphatic rings. The fraction of sp³-hybridized carbons (Fsp3) is 0.833. The Balaban J connectivity index is 2.01. The molecular weight excluding hydrogens is 268 g/mol. The lowest BCUT2D eigenvalue weighted by atomic mass is 10.1. The Morgan fingerprint density at radius 3 is 2.74 bits per heavy atom. The maximum absolute atomic E-state index is 12.4. The highest BCUT2D eigenvalue weighted by molar-refractivity contribution is 7.99. The van der Waals surface area contributed by atoms with Crippen LogP contribution in [0.5, 0.6) is 0 Å². The van der Waals surface area contributed by atoms with Gasteiger partial charge in [0, 0.05) is 24.6 Å². The van der Waals surface area contributed by atoms with Crippen molar-refractivity contribution in [1.82, 2.24) is 9.80 Å². The molecule has 2 rings (SSSR count). The van der Waals surface area contributed by atoms with E-state index in [1.807, 2.05) is 0 Å². The third-order valence-electron chi connectivity index (χ3n) is 3.61. The van der Waals surface area contributed by atoms with Crippen molar-refractivity contribution >= 4 is 23.8 Å². The number of carbonyl (C=O) groups excluding carboxylic acids is 1. The van der Waals surface area contributed by atoms with Gasteiger partial charge in [-0.15, -0.1) is 0 Å². The van der Waals surface area contributed by atoms with Gasteiger partial charge in [-0.1, -0.05) is 0 Å². The van der Waals surface area contributed by atoms with Crippen LogP contribution in [0.2, 0.25) is 0 Å². The predicted molar refractivity (Wildman–Crippen MR) is 72.3 cm³/mol. The number of carbonyl (C=O) groups is 2. The Morgan fingerprint density at radius 1 is 1.42 bits per heavy atom. The molecule has 0 spiro atoms. The van der Waals surface area contributed by atoms with E-state index in [-0.39, 0.29) is 18.5 Å². The maximum atomic E-state index is 12.4. The zero-order valence-electron chi connectivity index (χ0n) is 11.0. The highest BCUT2D eigenvalue weighted by Gasteiger charge is 2.38. The van der Waals surface area contributed by atoms with Crippen molar-refractivity contribution in [3.63, 3.8) is 0 Å². The van der Waals surface area contributed by atoms with Crippen molar-refractivity contribution in [1.29, 1.82) is 0 Å². The fourth-order valence-electron chi connectivity index (χ4n) is 2.57. The summed E-state index contributed by atoms with van der Waals surface area (Å²) in [5.41, 5.74) is -0.817. The highest BCUT2D eigenvalue weighted by atomic mass is 32.2. The number of carboxylic acid groups (broad SMARTS) is 1. The summed E-state index contributed by atoms with van der Waals surface area (Å²) in [5.74, 6) is 0.632. The van der Waals surface area contributed by atoms with Crippen LogP contribution in [0.15, 0.2) is 0 Å². The predicted octanol–water partition coefficient (Wildman–Crippen LogP) is 0.455. The minimum atomic E-state index is -0.876. The van der Waals surface area contributed by atoms with Crippen LogP contribution in [0.4, 0.5) is 4.79 Å². The van der Waals surface area contributed by atoms with E-state index in [0.717, 1.165) is 5.75 Å². The first kappa shape index (κ1) is 14.5. The second-order valence-electron chi connectivity index (χ2n) is 5.47. The molecule has 6 nitrogen and oxygen atoms in total. The van der Waals surface area contributed by atoms with E-state index in [4.69, 9.17) is 5.11 Å². The summed E-state index contributed by atoms with van der Waals surface area (Å²) in [6.07, 6.45) is 0.563. The molecule has 0 saturated carbocycles. The number of thioether (sulfide) groups is 1. The monoisotopic (exact) mass is 288 g/mol. The van der Waals surface area contributed by atoms with Crippen molar-refractivity contribution in [3.05, 3.63) is 0 Å². The summed E-state index contributed by atoms with van der Waals surface area (Å²) in [5, 5.41) is 18.8. The van der Waals surface area contributed by atoms with Crippen LogP contribution in [-0.4, -0.2) is 74.8 Å². The lowest BCUT2D eigenvalue weighted by Crippen LogP contribution is -2.52. The Labute approximate surface area is 116 Å². The lowest BCUT2D eigenvalue weighted by molar-refractivity contribution is -0.138. The van der Waals surface area contributed by atoms with Gasteiger partial charge in [0.2, 0.25) is 0 Å². The molecule has 0 bridgehead atoms. The molecule has 0 aromatic carbocycles. The lowest BCUT2D eigenvalue weighted by Gasteiger charge is -2.37. The maximum Gasteiger partial charge on any atom is 0.320 e. The first-order valence-corrected chi connectivity index (χ1v) is 7.62. The molecular formula is C12H20N2O4S. The number of likely N-dealkylation sites (tertiary alicyclic amines) is 1. The fourth-order valence-corrected chi connectivity index (χ4v) is 3.63. The first-order valence-electron chi connectivity index (χ1n) is 6.46. The zero-order chi connectivity index (χ0) is 14.0. The third kappa shape index (κ3) is 3.54. The van der Waals surface area contributed by atoms with E-state index in [2.05, 4.69) is 0 Å². The van der Waals surface area contributed by atoms with Gasteiger partial charge in [0.15, 0.2) is 0 Å². The second kappa shape index (κ2) is 5.58. The number of aliphatic carboxylic acids is 1. The van der Waals surface area contributed by atoms with Crippen molar-refractivity contribution in [3.8, 4) is 0 Å². The van der Waals surface area contributed by atoms with Crippen LogP contribution in [0, 0.1) is 0 Å². The summed E-state index contributed by atoms with van der Waals surface area (Å²) in [7, 11) is 0. The third-order valence-corrected chi connectivity index (χ3v) is 4.70. The number of nitrogens with zero attached hydrogens (tertiary/aromatic N) is 2. The average Bonchev–Trinajstić information content (AvgIpc) is 2.69. The number of amides is 2. The van der Waals surface area contributed by atoms with Crippen LogP contribution >= 0.6 is 11.8 Å². The number of urea groups is 1. The molecule has 2 aliphatic heterocycles. The molecule has 2 unspecified atom stereocenters. The molecule has 0 radical (unpaired) electrons. The quantitative estimate of drug-likeness (QED) is 0.771. The normalized spacial score (nSPS) is 31.6. The Kier molecular flexibility index (Phi) is 4.25. The molecule has 2 atom stereocenters. The second-order valence-corrected chi connectivity index (χ2v) is 6.62. The number of rotatable bonds is 2. The van der Waals surface area contributed by atoms with E-state index in [0.29, 0.717) is 31.8 Å². The minimum Gasteiger partial charge on any atom is -0.481 e. The van der Waals surface area contributed by atoms with Crippen LogP contribution in [0.3, 0.4) is 0 Å². The number of hydrogen-bond acceptors (Lipinski definition) is 4. The van der Waals surface area contributed by atoms with Gasteiger partial charge < -0.3 is 20.0 Å². The van der Waals surface area contributed by atoms with Gasteiger partial charge in [0.25, 0.3) is 0 Å². The van der Waals surface area contributed by atoms with Crippen molar-refractivity contribution in [2.24, 2.45) is 0 Å². The first-order chi connectivity index (χ1) is 8.89. The van der Waals surface area contributed by atoms with Gasteiger partial charge in [0.05, 0.1) is 24.6 Å². The van der Waals surface area contributed by atoms with E-state index >= 15 is 0 Å². The highest BCUT2D eigenvalue weighted by Crippen LogP contribution is 2.25. The molecule has 7 heteroatoms. The van der Waals surface area contributed by atoms with E-state index in [1.165, 1.54) is 0 Å². The molecule has 2 fully saturated rings. The smallest absolute Gasteiger partial charge is 0.320 e. The molecule has 2 saturated heterocycles. The van der Waals surface area contributed by atoms with Crippen LogP contribution in [0.25, 0.3) is 0 Å². The molecule has 108 valence electrons. The Morgan fingerprint density at radius 2 is 2.16 bits per heavy atom. The van der Waals surface area contributed by atoms with E-state index in [1.54, 1.807) is 28.5 Å². The van der Waals surface area contributed by atoms with Crippen LogP contribution in [0.1, 0.15) is 19.8 Å². The summed E-state index contributed by atoms with van der Waals surface area (Å²) in [6, 6.07) is -0.376. The zero-order valence-corrected chi connectivity index (χ0v) is 11.9. The average molecular weight is 288 g/mol. The summed E-state index contributed by atoms with van der Waals surface area (Å²) in [6.45, 7) is 3.17. The van der Waals surface area contributed by atoms with Gasteiger partial charge in [-0.3, -0.25) is 4.79 Å². The van der Waals surface area contributed by atoms with Crippen LogP contribution in [-0.2, 0) is 4.79 Å². The molecule has 0 aromatic heterocycles. The van der Waals surface area contributed by atoms with Crippen molar-refractivity contribution < 1.29 is 19.8 Å². The molecule has 19 heavy (non-hydrogen) atoms. The van der Waals surface area contributed by atoms with Gasteiger partial charge in [0.1, 0.15) is 0 Å². The summed E-state index contributed by atoms with van der Waals surface area (Å²) < 4.78 is 0. The van der Waals surface area contributed by atoms with Gasteiger partial charge in [-0.25, -0.2) is 4.79 Å². The topological polar surface area (TPSA) is 81.1 Å². The largest absolute Gasteiger partial charge is 0.481 e. The molecule has 2 amide bonds. The standard InChI is InChI=1S/C12H20N2O4S/c1-12(18)2-3-13(8-12)11(17)14-4-5-19-7-9(14)6-10(15)16/h9,18H,2-8H2,1H3,(H,15,16). The molecule has 2 N–H and O–H groups in total. The number of hydrogen-bond donors (Lipinski definition) is 2. The summed E-state index contributed by atoms with van der Waals surface area (Å²) >= 11 is 1.68.